The van der Waals surface area contributed by atoms with Gasteiger partial charge in [-0.15, -0.1) is 0 Å². The number of nitrogens with one attached hydrogen (secondary N) is 1. The van der Waals surface area contributed by atoms with Gasteiger partial charge < -0.3 is 15.0 Å². The molecular formula is C10H20N2O2. The minimum atomic E-state index is 0.0885. The van der Waals surface area contributed by atoms with Crippen LogP contribution in [-0.2, 0) is 9.53 Å². The van der Waals surface area contributed by atoms with Crippen LogP contribution >= 0.6 is 0 Å². The maximum atomic E-state index is 11.8. The summed E-state index contributed by atoms with van der Waals surface area (Å²) in [5.41, 5.74) is 0. The van der Waals surface area contributed by atoms with Crippen molar-refractivity contribution < 1.29 is 9.53 Å². The second kappa shape index (κ2) is 5.98. The maximum Gasteiger partial charge on any atom is 0.227 e. The highest BCUT2D eigenvalue weighted by Crippen LogP contribution is 2.15. The van der Waals surface area contributed by atoms with Crippen molar-refractivity contribution in [2.24, 2.45) is 5.92 Å². The quantitative estimate of drug-likeness (QED) is 0.699. The molecule has 82 valence electrons. The highest BCUT2D eigenvalue weighted by atomic mass is 16.5. The van der Waals surface area contributed by atoms with Gasteiger partial charge in [0.1, 0.15) is 0 Å². The van der Waals surface area contributed by atoms with Crippen molar-refractivity contribution in [3.63, 3.8) is 0 Å². The predicted molar refractivity (Wildman–Crippen MR) is 55.1 cm³/mol. The van der Waals surface area contributed by atoms with Crippen molar-refractivity contribution >= 4 is 5.91 Å². The summed E-state index contributed by atoms with van der Waals surface area (Å²) in [6, 6.07) is 0. The van der Waals surface area contributed by atoms with Gasteiger partial charge in [0.25, 0.3) is 0 Å². The molecule has 1 aliphatic heterocycles. The Balaban J connectivity index is 2.30. The molecule has 0 spiro atoms. The normalized spacial score (nSPS) is 22.0. The van der Waals surface area contributed by atoms with E-state index >= 15 is 0 Å². The first-order chi connectivity index (χ1) is 6.75. The third kappa shape index (κ3) is 3.27. The van der Waals surface area contributed by atoms with Crippen LogP contribution in [0.15, 0.2) is 0 Å². The van der Waals surface area contributed by atoms with Gasteiger partial charge in [-0.05, 0) is 19.9 Å². The summed E-state index contributed by atoms with van der Waals surface area (Å²) in [4.78, 5) is 13.6. The van der Waals surface area contributed by atoms with Gasteiger partial charge in [0, 0.05) is 26.7 Å². The molecule has 1 atom stereocenters. The van der Waals surface area contributed by atoms with Gasteiger partial charge in [0.15, 0.2) is 0 Å². The Morgan fingerprint density at radius 2 is 2.43 bits per heavy atom. The lowest BCUT2D eigenvalue weighted by atomic mass is 10.0. The van der Waals surface area contributed by atoms with E-state index in [-0.39, 0.29) is 11.8 Å². The maximum absolute atomic E-state index is 11.8. The fourth-order valence-electron chi connectivity index (χ4n) is 1.64. The Hall–Kier alpha value is -0.610. The monoisotopic (exact) mass is 200 g/mol. The van der Waals surface area contributed by atoms with Crippen molar-refractivity contribution in [3.8, 4) is 0 Å². The largest absolute Gasteiger partial charge is 0.381 e. The molecular weight excluding hydrogens is 180 g/mol. The SMILES string of the molecule is CNCCN(C)C(=O)C1CCCOC1. The summed E-state index contributed by atoms with van der Waals surface area (Å²) in [6.45, 7) is 3.02. The number of carbonyl (C=O) groups excluding carboxylic acids is 1. The molecule has 0 radical (unpaired) electrons. The van der Waals surface area contributed by atoms with E-state index in [2.05, 4.69) is 5.32 Å². The molecule has 0 aliphatic carbocycles. The molecule has 14 heavy (non-hydrogen) atoms. The van der Waals surface area contributed by atoms with Crippen LogP contribution in [-0.4, -0.2) is 51.2 Å². The minimum Gasteiger partial charge on any atom is -0.381 e. The molecule has 1 saturated heterocycles. The molecule has 1 fully saturated rings. The first-order valence-electron chi connectivity index (χ1n) is 5.23. The summed E-state index contributed by atoms with van der Waals surface area (Å²) in [5, 5.41) is 3.03. The van der Waals surface area contributed by atoms with Crippen LogP contribution in [0, 0.1) is 5.92 Å². The van der Waals surface area contributed by atoms with Crippen LogP contribution in [0.25, 0.3) is 0 Å². The van der Waals surface area contributed by atoms with E-state index in [4.69, 9.17) is 4.74 Å². The van der Waals surface area contributed by atoms with E-state index < -0.39 is 0 Å². The van der Waals surface area contributed by atoms with Gasteiger partial charge in [-0.1, -0.05) is 0 Å². The van der Waals surface area contributed by atoms with Crippen molar-refractivity contribution in [2.45, 2.75) is 12.8 Å². The summed E-state index contributed by atoms with van der Waals surface area (Å²) in [7, 11) is 3.75. The third-order valence-corrected chi connectivity index (χ3v) is 2.58. The molecule has 0 bridgehead atoms. The lowest BCUT2D eigenvalue weighted by Crippen LogP contribution is -2.39. The van der Waals surface area contributed by atoms with Gasteiger partial charge in [-0.2, -0.15) is 0 Å². The second-order valence-corrected chi connectivity index (χ2v) is 3.78. The summed E-state index contributed by atoms with van der Waals surface area (Å²) in [5.74, 6) is 0.311. The molecule has 1 heterocycles. The second-order valence-electron chi connectivity index (χ2n) is 3.78. The zero-order chi connectivity index (χ0) is 10.4. The third-order valence-electron chi connectivity index (χ3n) is 2.58. The van der Waals surface area contributed by atoms with Gasteiger partial charge >= 0.3 is 0 Å². The fraction of sp³-hybridized carbons (Fsp3) is 0.900. The van der Waals surface area contributed by atoms with Crippen LogP contribution in [0.1, 0.15) is 12.8 Å². The van der Waals surface area contributed by atoms with Crippen molar-refractivity contribution in [1.82, 2.24) is 10.2 Å². The molecule has 4 nitrogen and oxygen atoms in total. The predicted octanol–water partition coefficient (Wildman–Crippen LogP) is 0.0908. The minimum absolute atomic E-state index is 0.0885. The molecule has 0 aromatic carbocycles. The smallest absolute Gasteiger partial charge is 0.227 e. The zero-order valence-electron chi connectivity index (χ0n) is 9.08. The van der Waals surface area contributed by atoms with Crippen LogP contribution < -0.4 is 5.32 Å². The van der Waals surface area contributed by atoms with E-state index in [0.717, 1.165) is 32.5 Å². The first kappa shape index (κ1) is 11.5. The Bertz CT molecular complexity index is 179. The van der Waals surface area contributed by atoms with E-state index in [1.807, 2.05) is 14.1 Å². The molecule has 1 N–H and O–H groups in total. The van der Waals surface area contributed by atoms with Gasteiger partial charge in [-0.3, -0.25) is 4.79 Å². The van der Waals surface area contributed by atoms with Gasteiger partial charge in [0.05, 0.1) is 12.5 Å². The van der Waals surface area contributed by atoms with Crippen molar-refractivity contribution in [2.75, 3.05) is 40.4 Å². The average Bonchev–Trinajstić information content (AvgIpc) is 2.26. The Kier molecular flexibility index (Phi) is 4.90. The Labute approximate surface area is 85.6 Å². The number of carbonyl (C=O) groups is 1. The lowest BCUT2D eigenvalue weighted by Gasteiger charge is -2.26. The molecule has 4 heteroatoms. The van der Waals surface area contributed by atoms with Crippen LogP contribution in [0.2, 0.25) is 0 Å². The van der Waals surface area contributed by atoms with Crippen molar-refractivity contribution in [1.29, 1.82) is 0 Å². The number of rotatable bonds is 4. The molecule has 0 aromatic heterocycles. The average molecular weight is 200 g/mol. The fourth-order valence-corrected chi connectivity index (χ4v) is 1.64. The number of hydrogen-bond acceptors (Lipinski definition) is 3. The summed E-state index contributed by atoms with van der Waals surface area (Å²) in [6.07, 6.45) is 1.99. The number of likely N-dealkylation sites (N-methyl/N-ethyl adjacent to an activating group) is 2. The highest BCUT2D eigenvalue weighted by molar-refractivity contribution is 5.78. The van der Waals surface area contributed by atoms with E-state index in [1.165, 1.54) is 0 Å². The standard InChI is InChI=1S/C10H20N2O2/c1-11-5-6-12(2)10(13)9-4-3-7-14-8-9/h9,11H,3-8H2,1-2H3. The lowest BCUT2D eigenvalue weighted by molar-refractivity contribution is -0.138. The summed E-state index contributed by atoms with van der Waals surface area (Å²) >= 11 is 0. The van der Waals surface area contributed by atoms with Crippen LogP contribution in [0.3, 0.4) is 0 Å². The van der Waals surface area contributed by atoms with Crippen LogP contribution in [0.5, 0.6) is 0 Å². The molecule has 1 rings (SSSR count). The van der Waals surface area contributed by atoms with Crippen molar-refractivity contribution in [3.05, 3.63) is 0 Å². The molecule has 1 unspecified atom stereocenters. The number of amides is 1. The first-order valence-corrected chi connectivity index (χ1v) is 5.23. The number of hydrogen-bond donors (Lipinski definition) is 1. The molecule has 1 aliphatic rings. The van der Waals surface area contributed by atoms with E-state index in [0.29, 0.717) is 6.61 Å². The van der Waals surface area contributed by atoms with Gasteiger partial charge in [0.2, 0.25) is 5.91 Å². The Morgan fingerprint density at radius 3 is 3.00 bits per heavy atom. The summed E-state index contributed by atoms with van der Waals surface area (Å²) < 4.78 is 5.29. The highest BCUT2D eigenvalue weighted by Gasteiger charge is 2.24. The van der Waals surface area contributed by atoms with E-state index in [1.54, 1.807) is 4.90 Å². The van der Waals surface area contributed by atoms with E-state index in [9.17, 15) is 4.79 Å². The molecule has 0 aromatic rings. The van der Waals surface area contributed by atoms with Crippen LogP contribution in [0.4, 0.5) is 0 Å². The van der Waals surface area contributed by atoms with Gasteiger partial charge in [-0.25, -0.2) is 0 Å². The Morgan fingerprint density at radius 1 is 1.64 bits per heavy atom. The molecule has 1 amide bonds. The number of nitrogens with zero attached hydrogens (tertiary/aromatic N) is 1. The molecule has 0 saturated carbocycles. The zero-order valence-corrected chi connectivity index (χ0v) is 9.08. The topological polar surface area (TPSA) is 41.6 Å². The number of ether oxygens (including phenoxy) is 1.